The van der Waals surface area contributed by atoms with Crippen molar-refractivity contribution in [2.45, 2.75) is 83.2 Å². The Hall–Kier alpha value is -1.57. The summed E-state index contributed by atoms with van der Waals surface area (Å²) in [7, 11) is 0. The number of benzene rings is 1. The standard InChI is InChI=1S/C22H27F5/c1-2-3-4-5-6-7-16-8-10-17(11-9-16)18-14-20(23)19(21(24)15-18)12-13-22(25,26)27/h14-17H,2-11H2,1H3. The van der Waals surface area contributed by atoms with E-state index >= 15 is 0 Å². The van der Waals surface area contributed by atoms with Crippen molar-refractivity contribution in [3.05, 3.63) is 34.9 Å². The number of halogens is 5. The highest BCUT2D eigenvalue weighted by molar-refractivity contribution is 5.40. The van der Waals surface area contributed by atoms with Crippen LogP contribution >= 0.6 is 0 Å². The van der Waals surface area contributed by atoms with E-state index in [4.69, 9.17) is 0 Å². The quantitative estimate of drug-likeness (QED) is 0.258. The van der Waals surface area contributed by atoms with Gasteiger partial charge in [0, 0.05) is 5.92 Å². The van der Waals surface area contributed by atoms with Gasteiger partial charge in [-0.15, -0.1) is 0 Å². The van der Waals surface area contributed by atoms with Gasteiger partial charge in [0.05, 0.1) is 5.56 Å². The molecule has 1 aromatic carbocycles. The number of alkyl halides is 3. The smallest absolute Gasteiger partial charge is 0.206 e. The van der Waals surface area contributed by atoms with Crippen molar-refractivity contribution in [1.82, 2.24) is 0 Å². The number of hydrogen-bond donors (Lipinski definition) is 0. The Morgan fingerprint density at radius 1 is 0.926 bits per heavy atom. The third kappa shape index (κ3) is 7.16. The minimum absolute atomic E-state index is 0.0648. The molecule has 1 saturated carbocycles. The van der Waals surface area contributed by atoms with Gasteiger partial charge in [-0.1, -0.05) is 51.4 Å². The van der Waals surface area contributed by atoms with Crippen LogP contribution in [0.3, 0.4) is 0 Å². The molecule has 0 aromatic heterocycles. The molecule has 1 aromatic rings. The van der Waals surface area contributed by atoms with Gasteiger partial charge in [-0.2, -0.15) is 13.2 Å². The average molecular weight is 386 g/mol. The van der Waals surface area contributed by atoms with E-state index in [1.807, 2.05) is 0 Å². The van der Waals surface area contributed by atoms with Crippen LogP contribution in [0.25, 0.3) is 0 Å². The van der Waals surface area contributed by atoms with Crippen molar-refractivity contribution in [2.75, 3.05) is 0 Å². The zero-order chi connectivity index (χ0) is 19.9. The first kappa shape index (κ1) is 21.7. The molecule has 27 heavy (non-hydrogen) atoms. The van der Waals surface area contributed by atoms with Crippen LogP contribution in [-0.2, 0) is 0 Å². The van der Waals surface area contributed by atoms with Crippen molar-refractivity contribution in [3.8, 4) is 11.8 Å². The summed E-state index contributed by atoms with van der Waals surface area (Å²) in [5, 5.41) is 0. The molecule has 0 amide bonds. The lowest BCUT2D eigenvalue weighted by atomic mass is 9.77. The number of unbranched alkanes of at least 4 members (excludes halogenated alkanes) is 4. The van der Waals surface area contributed by atoms with Gasteiger partial charge >= 0.3 is 6.18 Å². The Labute approximate surface area is 158 Å². The molecule has 0 unspecified atom stereocenters. The Morgan fingerprint density at radius 3 is 2.07 bits per heavy atom. The molecule has 0 heterocycles. The van der Waals surface area contributed by atoms with Crippen LogP contribution < -0.4 is 0 Å². The van der Waals surface area contributed by atoms with Gasteiger partial charge in [-0.05, 0) is 55.2 Å². The Morgan fingerprint density at radius 2 is 1.52 bits per heavy atom. The second-order valence-electron chi connectivity index (χ2n) is 7.53. The van der Waals surface area contributed by atoms with Crippen LogP contribution in [-0.4, -0.2) is 6.18 Å². The largest absolute Gasteiger partial charge is 0.458 e. The SMILES string of the molecule is CCCCCCCC1CCC(c2cc(F)c(C#CC(F)(F)F)c(F)c2)CC1. The van der Waals surface area contributed by atoms with E-state index in [-0.39, 0.29) is 5.92 Å². The van der Waals surface area contributed by atoms with E-state index in [1.54, 1.807) is 5.92 Å². The van der Waals surface area contributed by atoms with Gasteiger partial charge in [0.1, 0.15) is 11.6 Å². The highest BCUT2D eigenvalue weighted by Crippen LogP contribution is 2.38. The second-order valence-corrected chi connectivity index (χ2v) is 7.53. The fourth-order valence-electron chi connectivity index (χ4n) is 3.90. The van der Waals surface area contributed by atoms with Crippen LogP contribution in [0.5, 0.6) is 0 Å². The zero-order valence-corrected chi connectivity index (χ0v) is 15.8. The third-order valence-corrected chi connectivity index (χ3v) is 5.43. The lowest BCUT2D eigenvalue weighted by molar-refractivity contribution is -0.0696. The van der Waals surface area contributed by atoms with E-state index in [2.05, 4.69) is 6.92 Å². The fourth-order valence-corrected chi connectivity index (χ4v) is 3.90. The first-order chi connectivity index (χ1) is 12.8. The van der Waals surface area contributed by atoms with Crippen LogP contribution in [0.1, 0.15) is 88.2 Å². The molecule has 1 aliphatic rings. The maximum absolute atomic E-state index is 14.1. The van der Waals surface area contributed by atoms with Gasteiger partial charge in [0.25, 0.3) is 0 Å². The van der Waals surface area contributed by atoms with Crippen molar-refractivity contribution in [3.63, 3.8) is 0 Å². The molecule has 1 fully saturated rings. The molecule has 5 heteroatoms. The molecule has 0 spiro atoms. The average Bonchev–Trinajstić information content (AvgIpc) is 2.60. The first-order valence-electron chi connectivity index (χ1n) is 9.89. The molecular weight excluding hydrogens is 359 g/mol. The Balaban J connectivity index is 1.91. The Bertz CT molecular complexity index is 635. The van der Waals surface area contributed by atoms with Crippen LogP contribution in [0.2, 0.25) is 0 Å². The minimum atomic E-state index is -4.77. The topological polar surface area (TPSA) is 0 Å². The fraction of sp³-hybridized carbons (Fsp3) is 0.636. The molecule has 0 radical (unpaired) electrons. The van der Waals surface area contributed by atoms with Crippen molar-refractivity contribution in [2.24, 2.45) is 5.92 Å². The summed E-state index contributed by atoms with van der Waals surface area (Å²) in [6.07, 6.45) is 6.57. The monoisotopic (exact) mass is 386 g/mol. The molecule has 0 bridgehead atoms. The maximum atomic E-state index is 14.1. The molecule has 0 saturated heterocycles. The lowest BCUT2D eigenvalue weighted by Gasteiger charge is -2.29. The normalized spacial score (nSPS) is 20.2. The maximum Gasteiger partial charge on any atom is 0.458 e. The summed E-state index contributed by atoms with van der Waals surface area (Å²) in [6, 6.07) is 2.30. The van der Waals surface area contributed by atoms with E-state index in [0.717, 1.165) is 43.7 Å². The Kier molecular flexibility index (Phi) is 8.13. The van der Waals surface area contributed by atoms with Gasteiger partial charge in [-0.3, -0.25) is 0 Å². The molecule has 150 valence electrons. The highest BCUT2D eigenvalue weighted by atomic mass is 19.4. The van der Waals surface area contributed by atoms with Gasteiger partial charge < -0.3 is 0 Å². The predicted molar refractivity (Wildman–Crippen MR) is 97.4 cm³/mol. The molecule has 1 aliphatic carbocycles. The summed E-state index contributed by atoms with van der Waals surface area (Å²) in [5.74, 6) is 1.21. The van der Waals surface area contributed by atoms with Gasteiger partial charge in [0.15, 0.2) is 0 Å². The second kappa shape index (κ2) is 10.1. The van der Waals surface area contributed by atoms with Crippen molar-refractivity contribution >= 4 is 0 Å². The molecule has 0 nitrogen and oxygen atoms in total. The molecule has 0 aliphatic heterocycles. The highest BCUT2D eigenvalue weighted by Gasteiger charge is 2.25. The summed E-state index contributed by atoms with van der Waals surface area (Å²) >= 11 is 0. The van der Waals surface area contributed by atoms with Crippen LogP contribution in [0.15, 0.2) is 12.1 Å². The van der Waals surface area contributed by atoms with Crippen LogP contribution in [0.4, 0.5) is 22.0 Å². The molecule has 0 atom stereocenters. The predicted octanol–water partition coefficient (Wildman–Crippen LogP) is 7.51. The van der Waals surface area contributed by atoms with Gasteiger partial charge in [-0.25, -0.2) is 8.78 Å². The summed E-state index contributed by atoms with van der Waals surface area (Å²) in [6.45, 7) is 2.20. The molecular formula is C22H27F5. The summed E-state index contributed by atoms with van der Waals surface area (Å²) in [5.41, 5.74) is -0.277. The molecule has 0 N–H and O–H groups in total. The van der Waals surface area contributed by atoms with E-state index in [0.29, 0.717) is 11.5 Å². The summed E-state index contributed by atoms with van der Waals surface area (Å²) < 4.78 is 64.6. The van der Waals surface area contributed by atoms with Crippen molar-refractivity contribution < 1.29 is 22.0 Å². The minimum Gasteiger partial charge on any atom is -0.206 e. The van der Waals surface area contributed by atoms with E-state index in [1.165, 1.54) is 38.5 Å². The lowest BCUT2D eigenvalue weighted by Crippen LogP contribution is -2.14. The number of rotatable bonds is 7. The first-order valence-corrected chi connectivity index (χ1v) is 9.89. The zero-order valence-electron chi connectivity index (χ0n) is 15.8. The molecule has 2 rings (SSSR count). The summed E-state index contributed by atoms with van der Waals surface area (Å²) in [4.78, 5) is 0. The van der Waals surface area contributed by atoms with Gasteiger partial charge in [0.2, 0.25) is 0 Å². The third-order valence-electron chi connectivity index (χ3n) is 5.43. The van der Waals surface area contributed by atoms with Crippen molar-refractivity contribution in [1.29, 1.82) is 0 Å². The van der Waals surface area contributed by atoms with E-state index in [9.17, 15) is 22.0 Å². The van der Waals surface area contributed by atoms with Crippen LogP contribution in [0, 0.1) is 29.4 Å². The number of hydrogen-bond acceptors (Lipinski definition) is 0. The van der Waals surface area contributed by atoms with E-state index < -0.39 is 23.4 Å².